The van der Waals surface area contributed by atoms with Crippen LogP contribution in [-0.4, -0.2) is 34.4 Å². The summed E-state index contributed by atoms with van der Waals surface area (Å²) in [5.74, 6) is 3.80. The van der Waals surface area contributed by atoms with Gasteiger partial charge >= 0.3 is 12.1 Å². The van der Waals surface area contributed by atoms with Crippen molar-refractivity contribution >= 4 is 12.1 Å². The Kier molecular flexibility index (Phi) is 12.2. The topological polar surface area (TPSA) is 95.9 Å². The Morgan fingerprint density at radius 1 is 1.09 bits per heavy atom. The number of carbonyl (C=O) groups is 2. The van der Waals surface area contributed by atoms with Gasteiger partial charge < -0.3 is 20.3 Å². The molecule has 0 bridgehead atoms. The zero-order chi connectivity index (χ0) is 31.9. The second kappa shape index (κ2) is 15.7. The minimum absolute atomic E-state index is 0.117. The third-order valence-electron chi connectivity index (χ3n) is 11.7. The van der Waals surface area contributed by atoms with Crippen molar-refractivity contribution < 1.29 is 24.5 Å². The van der Waals surface area contributed by atoms with Gasteiger partial charge in [0.2, 0.25) is 0 Å². The van der Waals surface area contributed by atoms with Gasteiger partial charge in [-0.3, -0.25) is 0 Å². The highest BCUT2D eigenvalue weighted by Crippen LogP contribution is 2.62. The number of aromatic hydroxyl groups is 1. The fourth-order valence-electron chi connectivity index (χ4n) is 9.29. The van der Waals surface area contributed by atoms with E-state index < -0.39 is 18.1 Å². The summed E-state index contributed by atoms with van der Waals surface area (Å²) in [7, 11) is 0. The van der Waals surface area contributed by atoms with Crippen molar-refractivity contribution in [1.82, 2.24) is 5.32 Å². The highest BCUT2D eigenvalue weighted by molar-refractivity contribution is 5.80. The Hall–Kier alpha value is -2.50. The summed E-state index contributed by atoms with van der Waals surface area (Å²) in [4.78, 5) is 24.6. The van der Waals surface area contributed by atoms with Gasteiger partial charge in [0.25, 0.3) is 0 Å². The van der Waals surface area contributed by atoms with Gasteiger partial charge in [0.1, 0.15) is 17.9 Å². The molecular formula is C38H59NO5. The van der Waals surface area contributed by atoms with Crippen LogP contribution in [0.4, 0.5) is 4.79 Å². The number of fused-ring (bicyclic) bond motifs is 1. The van der Waals surface area contributed by atoms with Gasteiger partial charge in [0.05, 0.1) is 0 Å². The molecule has 1 aromatic rings. The van der Waals surface area contributed by atoms with E-state index in [9.17, 15) is 19.8 Å². The van der Waals surface area contributed by atoms with Crippen LogP contribution in [0.2, 0.25) is 0 Å². The molecule has 44 heavy (non-hydrogen) atoms. The molecule has 6 heteroatoms. The second-order valence-corrected chi connectivity index (χ2v) is 15.1. The average Bonchev–Trinajstić information content (AvgIpc) is 3.33. The zero-order valence-corrected chi connectivity index (χ0v) is 28.0. The maximum absolute atomic E-state index is 12.8. The number of rotatable bonds is 13. The molecule has 3 fully saturated rings. The maximum Gasteiger partial charge on any atom is 0.408 e. The number of benzene rings is 1. The van der Waals surface area contributed by atoms with Crippen LogP contribution in [0.3, 0.4) is 0 Å². The summed E-state index contributed by atoms with van der Waals surface area (Å²) in [6, 6.07) is 5.26. The first-order valence-corrected chi connectivity index (χ1v) is 17.7. The van der Waals surface area contributed by atoms with E-state index in [2.05, 4.69) is 46.0 Å². The van der Waals surface area contributed by atoms with E-state index in [1.54, 1.807) is 12.1 Å². The second-order valence-electron chi connectivity index (χ2n) is 15.1. The Morgan fingerprint density at radius 2 is 1.84 bits per heavy atom. The molecule has 0 spiro atoms. The molecular weight excluding hydrogens is 550 g/mol. The Morgan fingerprint density at radius 3 is 2.52 bits per heavy atom. The number of phenolic OH excluding ortho intramolecular Hbond substituents is 1. The number of allylic oxidation sites excluding steroid dienone is 1. The van der Waals surface area contributed by atoms with E-state index in [0.29, 0.717) is 5.41 Å². The lowest BCUT2D eigenvalue weighted by Gasteiger charge is -2.50. The maximum atomic E-state index is 12.8. The number of hydrogen-bond acceptors (Lipinski definition) is 4. The lowest BCUT2D eigenvalue weighted by Crippen LogP contribution is -2.44. The summed E-state index contributed by atoms with van der Waals surface area (Å²) in [5, 5.41) is 21.7. The number of alkyl carbamates (subject to hydrolysis) is 1. The van der Waals surface area contributed by atoms with Gasteiger partial charge in [-0.15, -0.1) is 0 Å². The van der Waals surface area contributed by atoms with Crippen molar-refractivity contribution in [1.29, 1.82) is 0 Å². The van der Waals surface area contributed by atoms with Crippen LogP contribution in [0.1, 0.15) is 124 Å². The molecule has 0 aromatic heterocycles. The summed E-state index contributed by atoms with van der Waals surface area (Å²) in [6.07, 6.45) is 17.3. The van der Waals surface area contributed by atoms with Crippen molar-refractivity contribution in [2.75, 3.05) is 0 Å². The van der Waals surface area contributed by atoms with Gasteiger partial charge in [-0.2, -0.15) is 0 Å². The van der Waals surface area contributed by atoms with Crippen LogP contribution >= 0.6 is 0 Å². The van der Waals surface area contributed by atoms with Gasteiger partial charge in [-0.25, -0.2) is 9.59 Å². The molecule has 0 radical (unpaired) electrons. The van der Waals surface area contributed by atoms with Crippen LogP contribution in [0.15, 0.2) is 35.9 Å². The molecule has 3 aliphatic carbocycles. The van der Waals surface area contributed by atoms with Crippen molar-refractivity contribution in [3.8, 4) is 5.75 Å². The molecule has 0 heterocycles. The number of aliphatic carboxylic acids is 1. The Labute approximate surface area is 266 Å². The highest BCUT2D eigenvalue weighted by Gasteiger charge is 2.54. The Bertz CT molecular complexity index is 1110. The number of nitrogens with one attached hydrogen (secondary N) is 1. The van der Waals surface area contributed by atoms with Crippen LogP contribution < -0.4 is 5.32 Å². The largest absolute Gasteiger partial charge is 0.508 e. The van der Waals surface area contributed by atoms with Crippen LogP contribution in [0, 0.1) is 40.9 Å². The first-order valence-electron chi connectivity index (χ1n) is 17.7. The number of carbonyl (C=O) groups excluding carboxylic acids is 1. The van der Waals surface area contributed by atoms with Gasteiger partial charge in [0.15, 0.2) is 0 Å². The molecule has 6 nitrogen and oxygen atoms in total. The normalized spacial score (nSPS) is 31.0. The molecule has 0 unspecified atom stereocenters. The predicted molar refractivity (Wildman–Crippen MR) is 176 cm³/mol. The number of ether oxygens (including phenoxy) is 1. The van der Waals surface area contributed by atoms with Gasteiger partial charge in [-0.1, -0.05) is 84.1 Å². The molecule has 0 saturated heterocycles. The molecule has 0 aliphatic heterocycles. The van der Waals surface area contributed by atoms with Crippen molar-refractivity contribution in [2.24, 2.45) is 40.9 Å². The molecule has 246 valence electrons. The fraction of sp³-hybridized carbons (Fsp3) is 0.737. The molecule has 1 amide bonds. The van der Waals surface area contributed by atoms with Crippen LogP contribution in [0.25, 0.3) is 0 Å². The summed E-state index contributed by atoms with van der Waals surface area (Å²) >= 11 is 0. The number of phenols is 1. The third kappa shape index (κ3) is 8.81. The minimum Gasteiger partial charge on any atom is -0.508 e. The monoisotopic (exact) mass is 609 g/mol. The van der Waals surface area contributed by atoms with E-state index >= 15 is 0 Å². The van der Waals surface area contributed by atoms with E-state index in [-0.39, 0.29) is 18.3 Å². The summed E-state index contributed by atoms with van der Waals surface area (Å²) < 4.78 is 5.77. The van der Waals surface area contributed by atoms with E-state index in [0.717, 1.165) is 73.2 Å². The van der Waals surface area contributed by atoms with Crippen LogP contribution in [-0.2, 0) is 16.0 Å². The molecule has 3 N–H and O–H groups in total. The smallest absolute Gasteiger partial charge is 0.408 e. The first-order chi connectivity index (χ1) is 21.0. The van der Waals surface area contributed by atoms with E-state index in [1.165, 1.54) is 69.1 Å². The fourth-order valence-corrected chi connectivity index (χ4v) is 9.29. The zero-order valence-electron chi connectivity index (χ0n) is 28.0. The Balaban J connectivity index is 1.33. The molecule has 1 aromatic carbocycles. The number of carboxylic acids is 1. The van der Waals surface area contributed by atoms with Crippen molar-refractivity contribution in [2.45, 2.75) is 137 Å². The lowest BCUT2D eigenvalue weighted by molar-refractivity contribution is -0.139. The van der Waals surface area contributed by atoms with E-state index in [4.69, 9.17) is 4.74 Å². The van der Waals surface area contributed by atoms with Gasteiger partial charge in [0, 0.05) is 12.8 Å². The van der Waals surface area contributed by atoms with Gasteiger partial charge in [-0.05, 0) is 110 Å². The number of carboxylic acid groups (broad SMARTS) is 1. The summed E-state index contributed by atoms with van der Waals surface area (Å²) in [6.45, 7) is 12.2. The molecule has 4 rings (SSSR count). The quantitative estimate of drug-likeness (QED) is 0.194. The van der Waals surface area contributed by atoms with E-state index in [1.807, 2.05) is 0 Å². The first kappa shape index (κ1) is 34.4. The third-order valence-corrected chi connectivity index (χ3v) is 11.7. The number of hydrogen-bond donors (Lipinski definition) is 3. The van der Waals surface area contributed by atoms with Crippen LogP contribution in [0.5, 0.6) is 5.75 Å². The molecule has 3 aliphatic rings. The van der Waals surface area contributed by atoms with Crippen molar-refractivity contribution in [3.63, 3.8) is 0 Å². The molecule has 3 saturated carbocycles. The van der Waals surface area contributed by atoms with Crippen molar-refractivity contribution in [3.05, 3.63) is 41.5 Å². The molecule has 8 atom stereocenters. The number of amides is 1. The lowest BCUT2D eigenvalue weighted by atomic mass is 9.55. The predicted octanol–water partition coefficient (Wildman–Crippen LogP) is 9.30. The highest BCUT2D eigenvalue weighted by atomic mass is 16.6. The average molecular weight is 610 g/mol. The SMILES string of the molecule is CC[C@H]1CC[C@]2(C)[C@@H]([C@H](C)CCCC(C)C)CC[C@H]2[C@@H]1C/C=C1\CCC[C@H](OC(=O)N[C@@H](Cc2ccc(O)cc2)C(=O)O)C1. The minimum atomic E-state index is -1.11. The standard InChI is InChI=1S/C38H59NO5/c1-6-29-21-22-38(5)33(26(4)10-7-9-25(2)3)19-20-34(38)32(29)18-15-27-11-8-12-31(23-27)44-37(43)39-35(36(41)42)24-28-13-16-30(40)17-14-28/h13-17,25-26,29,31-35,40H,6-12,18-24H2,1-5H3,(H,39,43)(H,41,42)/b27-15+/t26-,29+,31+,32-,33-,34+,35+,38-/m1/s1. The summed E-state index contributed by atoms with van der Waals surface area (Å²) in [5.41, 5.74) is 2.58.